The molecule has 166 valence electrons. The van der Waals surface area contributed by atoms with Gasteiger partial charge in [0.2, 0.25) is 22.1 Å². The average molecular weight is 435 g/mol. The van der Waals surface area contributed by atoms with E-state index in [-0.39, 0.29) is 17.7 Å². The van der Waals surface area contributed by atoms with E-state index >= 15 is 0 Å². The van der Waals surface area contributed by atoms with Gasteiger partial charge >= 0.3 is 0 Å². The molecular formula is C21H34N6O2S. The molecule has 2 amide bonds. The third kappa shape index (κ3) is 5.11. The second-order valence-corrected chi connectivity index (χ2v) is 9.80. The van der Waals surface area contributed by atoms with Crippen LogP contribution in [0.3, 0.4) is 0 Å². The lowest BCUT2D eigenvalue weighted by atomic mass is 9.94. The van der Waals surface area contributed by atoms with Crippen LogP contribution in [0.2, 0.25) is 0 Å². The minimum atomic E-state index is -0.0143. The van der Waals surface area contributed by atoms with E-state index in [4.69, 9.17) is 0 Å². The molecule has 2 aliphatic heterocycles. The highest BCUT2D eigenvalue weighted by Gasteiger charge is 2.30. The first kappa shape index (κ1) is 21.5. The fourth-order valence-corrected chi connectivity index (χ4v) is 5.79. The van der Waals surface area contributed by atoms with E-state index in [0.29, 0.717) is 30.7 Å². The maximum atomic E-state index is 12.7. The fraction of sp³-hybridized carbons (Fsp3) is 0.810. The van der Waals surface area contributed by atoms with Crippen LogP contribution in [0.25, 0.3) is 0 Å². The van der Waals surface area contributed by atoms with Crippen molar-refractivity contribution < 1.29 is 9.59 Å². The summed E-state index contributed by atoms with van der Waals surface area (Å²) in [7, 11) is 2.18. The number of anilines is 2. The molecule has 1 saturated carbocycles. The third-order valence-electron chi connectivity index (χ3n) is 6.73. The number of nitrogens with zero attached hydrogens (tertiary/aromatic N) is 5. The number of hydrogen-bond donors (Lipinski definition) is 1. The molecule has 3 aliphatic rings. The van der Waals surface area contributed by atoms with Gasteiger partial charge in [-0.25, -0.2) is 0 Å². The highest BCUT2D eigenvalue weighted by molar-refractivity contribution is 7.19. The van der Waals surface area contributed by atoms with E-state index in [0.717, 1.165) is 44.0 Å². The van der Waals surface area contributed by atoms with Gasteiger partial charge in [0.1, 0.15) is 0 Å². The van der Waals surface area contributed by atoms with Crippen LogP contribution in [0.15, 0.2) is 0 Å². The minimum absolute atomic E-state index is 0.0143. The Hall–Kier alpha value is -1.74. The molecule has 4 rings (SSSR count). The molecule has 3 fully saturated rings. The van der Waals surface area contributed by atoms with Crippen molar-refractivity contribution in [3.63, 3.8) is 0 Å². The number of hydrogen-bond acceptors (Lipinski definition) is 7. The second kappa shape index (κ2) is 10.0. The van der Waals surface area contributed by atoms with Gasteiger partial charge in [-0.1, -0.05) is 30.6 Å². The van der Waals surface area contributed by atoms with Crippen molar-refractivity contribution >= 4 is 33.4 Å². The third-order valence-corrected chi connectivity index (χ3v) is 7.74. The highest BCUT2D eigenvalue weighted by Crippen LogP contribution is 2.32. The van der Waals surface area contributed by atoms with Crippen LogP contribution in [0.5, 0.6) is 0 Å². The molecule has 0 aromatic carbocycles. The van der Waals surface area contributed by atoms with Crippen LogP contribution >= 0.6 is 11.3 Å². The van der Waals surface area contributed by atoms with Crippen molar-refractivity contribution in [3.05, 3.63) is 0 Å². The normalized spacial score (nSPS) is 23.4. The van der Waals surface area contributed by atoms with Gasteiger partial charge in [-0.15, -0.1) is 10.2 Å². The molecule has 3 heterocycles. The van der Waals surface area contributed by atoms with Crippen LogP contribution in [0.1, 0.15) is 57.8 Å². The molecule has 30 heavy (non-hydrogen) atoms. The fourth-order valence-electron chi connectivity index (χ4n) is 4.86. The maximum absolute atomic E-state index is 12.7. The molecule has 1 N–H and O–H groups in total. The molecule has 0 spiro atoms. The van der Waals surface area contributed by atoms with E-state index in [9.17, 15) is 9.59 Å². The summed E-state index contributed by atoms with van der Waals surface area (Å²) < 4.78 is 0. The van der Waals surface area contributed by atoms with Crippen molar-refractivity contribution in [2.75, 3.05) is 49.6 Å². The summed E-state index contributed by atoms with van der Waals surface area (Å²) in [5, 5.41) is 13.2. The van der Waals surface area contributed by atoms with Crippen molar-refractivity contribution in [3.8, 4) is 0 Å². The monoisotopic (exact) mass is 434 g/mol. The lowest BCUT2D eigenvalue weighted by Crippen LogP contribution is -2.45. The van der Waals surface area contributed by atoms with Gasteiger partial charge in [0, 0.05) is 45.2 Å². The van der Waals surface area contributed by atoms with Crippen LogP contribution in [0.4, 0.5) is 10.3 Å². The maximum Gasteiger partial charge on any atom is 0.228 e. The number of likely N-dealkylation sites (N-methyl/N-ethyl adjacent to an activating group) is 1. The number of nitrogens with one attached hydrogen (secondary N) is 1. The number of amides is 2. The molecule has 0 bridgehead atoms. The van der Waals surface area contributed by atoms with E-state index < -0.39 is 0 Å². The molecule has 1 atom stereocenters. The minimum Gasteiger partial charge on any atom is -0.355 e. The second-order valence-electron chi connectivity index (χ2n) is 8.86. The Morgan fingerprint density at radius 1 is 1.10 bits per heavy atom. The molecule has 8 nitrogen and oxygen atoms in total. The Kier molecular flexibility index (Phi) is 7.20. The van der Waals surface area contributed by atoms with Crippen molar-refractivity contribution in [2.45, 2.75) is 63.8 Å². The zero-order valence-corrected chi connectivity index (χ0v) is 18.8. The number of aromatic nitrogens is 2. The summed E-state index contributed by atoms with van der Waals surface area (Å²) in [6.45, 7) is 3.91. The summed E-state index contributed by atoms with van der Waals surface area (Å²) in [5.41, 5.74) is 0. The Morgan fingerprint density at radius 3 is 2.67 bits per heavy atom. The number of rotatable bonds is 7. The van der Waals surface area contributed by atoms with Gasteiger partial charge < -0.3 is 15.1 Å². The van der Waals surface area contributed by atoms with Crippen molar-refractivity contribution in [2.24, 2.45) is 5.92 Å². The molecular weight excluding hydrogens is 400 g/mol. The number of carbonyl (C=O) groups excluding carboxylic acids is 2. The highest BCUT2D eigenvalue weighted by atomic mass is 32.1. The SMILES string of the molecule is CN(CCNC(=O)C1CCCN(c2nnc(N3CCCC3=O)s2)C1)C1CCCCC1. The Labute approximate surface area is 183 Å². The molecule has 2 saturated heterocycles. The molecule has 1 aromatic heterocycles. The first-order chi connectivity index (χ1) is 14.6. The van der Waals surface area contributed by atoms with Gasteiger partial charge in [0.05, 0.1) is 5.92 Å². The summed E-state index contributed by atoms with van der Waals surface area (Å²) in [6.07, 6.45) is 9.96. The van der Waals surface area contributed by atoms with Crippen LogP contribution in [-0.4, -0.2) is 72.7 Å². The Morgan fingerprint density at radius 2 is 1.90 bits per heavy atom. The average Bonchev–Trinajstić information content (AvgIpc) is 3.43. The van der Waals surface area contributed by atoms with Gasteiger partial charge in [-0.3, -0.25) is 14.5 Å². The molecule has 0 radical (unpaired) electrons. The van der Waals surface area contributed by atoms with Gasteiger partial charge in [-0.2, -0.15) is 0 Å². The summed E-state index contributed by atoms with van der Waals surface area (Å²) >= 11 is 1.46. The number of carbonyl (C=O) groups is 2. The summed E-state index contributed by atoms with van der Waals surface area (Å²) in [4.78, 5) is 31.0. The lowest BCUT2D eigenvalue weighted by molar-refractivity contribution is -0.125. The smallest absolute Gasteiger partial charge is 0.228 e. The topological polar surface area (TPSA) is 81.7 Å². The quantitative estimate of drug-likeness (QED) is 0.709. The largest absolute Gasteiger partial charge is 0.355 e. The van der Waals surface area contributed by atoms with E-state index in [1.54, 1.807) is 4.90 Å². The lowest BCUT2D eigenvalue weighted by Gasteiger charge is -2.32. The molecule has 1 unspecified atom stereocenters. The van der Waals surface area contributed by atoms with Crippen LogP contribution in [-0.2, 0) is 9.59 Å². The Balaban J connectivity index is 1.25. The predicted molar refractivity (Wildman–Crippen MR) is 119 cm³/mol. The molecule has 1 aliphatic carbocycles. The van der Waals surface area contributed by atoms with Crippen molar-refractivity contribution in [1.29, 1.82) is 0 Å². The zero-order chi connectivity index (χ0) is 20.9. The first-order valence-electron chi connectivity index (χ1n) is 11.5. The van der Waals surface area contributed by atoms with Gasteiger partial charge in [0.15, 0.2) is 0 Å². The van der Waals surface area contributed by atoms with Crippen LogP contribution < -0.4 is 15.1 Å². The summed E-state index contributed by atoms with van der Waals surface area (Å²) in [6, 6.07) is 0.676. The predicted octanol–water partition coefficient (Wildman–Crippen LogP) is 2.26. The van der Waals surface area contributed by atoms with Crippen molar-refractivity contribution in [1.82, 2.24) is 20.4 Å². The van der Waals surface area contributed by atoms with E-state index in [2.05, 4.69) is 32.4 Å². The molecule has 9 heteroatoms. The van der Waals surface area contributed by atoms with Crippen LogP contribution in [0, 0.1) is 5.92 Å². The molecule has 1 aromatic rings. The standard InChI is InChI=1S/C21H34N6O2S/c1-25(17-8-3-2-4-9-17)14-11-22-19(29)16-7-5-12-26(15-16)20-23-24-21(30-20)27-13-6-10-18(27)28/h16-17H,2-15H2,1H3,(H,22,29). The summed E-state index contributed by atoms with van der Waals surface area (Å²) in [5.74, 6) is 0.266. The van der Waals surface area contributed by atoms with E-state index in [1.165, 1.54) is 43.4 Å². The van der Waals surface area contributed by atoms with Gasteiger partial charge in [0.25, 0.3) is 0 Å². The first-order valence-corrected chi connectivity index (χ1v) is 12.3. The van der Waals surface area contributed by atoms with E-state index in [1.807, 2.05) is 0 Å². The Bertz CT molecular complexity index is 735. The van der Waals surface area contributed by atoms with Gasteiger partial charge in [-0.05, 0) is 39.2 Å². The number of piperidine rings is 1. The zero-order valence-electron chi connectivity index (χ0n) is 18.0.